The lowest BCUT2D eigenvalue weighted by Gasteiger charge is -2.32. The number of nitrogens with zero attached hydrogens (tertiary/aromatic N) is 3. The lowest BCUT2D eigenvalue weighted by atomic mass is 10.0. The number of nitrogens with one attached hydrogen (secondary N) is 2. The largest absolute Gasteiger partial charge is 0.370 e. The molecule has 1 saturated heterocycles. The Labute approximate surface area is 115 Å². The Bertz CT molecular complexity index is 382. The van der Waals surface area contributed by atoms with Gasteiger partial charge in [-0.05, 0) is 32.9 Å². The van der Waals surface area contributed by atoms with Gasteiger partial charge in [-0.25, -0.2) is 9.97 Å². The molecule has 0 spiro atoms. The van der Waals surface area contributed by atoms with Gasteiger partial charge in [0.2, 0.25) is 0 Å². The molecule has 1 fully saturated rings. The van der Waals surface area contributed by atoms with Crippen LogP contribution in [0.1, 0.15) is 32.6 Å². The fraction of sp³-hybridized carbons (Fsp3) is 0.714. The molecular formula is C14H25N5. The minimum Gasteiger partial charge on any atom is -0.370 e. The average Bonchev–Trinajstić information content (AvgIpc) is 2.45. The molecule has 0 amide bonds. The Morgan fingerprint density at radius 1 is 1.26 bits per heavy atom. The highest BCUT2D eigenvalue weighted by Crippen LogP contribution is 2.16. The first-order valence-corrected chi connectivity index (χ1v) is 7.29. The third kappa shape index (κ3) is 4.35. The highest BCUT2D eigenvalue weighted by molar-refractivity contribution is 5.46. The van der Waals surface area contributed by atoms with Crippen LogP contribution >= 0.6 is 0 Å². The molecule has 2 heterocycles. The summed E-state index contributed by atoms with van der Waals surface area (Å²) in [7, 11) is 2.21. The third-order valence-electron chi connectivity index (χ3n) is 3.66. The second-order valence-corrected chi connectivity index (χ2v) is 5.23. The van der Waals surface area contributed by atoms with Crippen molar-refractivity contribution < 1.29 is 0 Å². The maximum absolute atomic E-state index is 4.28. The van der Waals surface area contributed by atoms with Gasteiger partial charge in [0, 0.05) is 25.2 Å². The maximum Gasteiger partial charge on any atom is 0.131 e. The van der Waals surface area contributed by atoms with Crippen LogP contribution in [0.3, 0.4) is 0 Å². The Morgan fingerprint density at radius 2 is 2.05 bits per heavy atom. The van der Waals surface area contributed by atoms with E-state index in [9.17, 15) is 0 Å². The number of rotatable bonds is 6. The van der Waals surface area contributed by atoms with Gasteiger partial charge in [-0.1, -0.05) is 13.3 Å². The van der Waals surface area contributed by atoms with Crippen molar-refractivity contribution >= 4 is 11.6 Å². The summed E-state index contributed by atoms with van der Waals surface area (Å²) in [5.74, 6) is 1.81. The SMILES string of the molecule is CCCNc1cc(NCC2CCCCN2C)ncn1. The van der Waals surface area contributed by atoms with Crippen molar-refractivity contribution in [3.05, 3.63) is 12.4 Å². The fourth-order valence-electron chi connectivity index (χ4n) is 2.43. The van der Waals surface area contributed by atoms with Gasteiger partial charge < -0.3 is 15.5 Å². The van der Waals surface area contributed by atoms with Crippen LogP contribution in [0.2, 0.25) is 0 Å². The van der Waals surface area contributed by atoms with Gasteiger partial charge >= 0.3 is 0 Å². The number of hydrogen-bond acceptors (Lipinski definition) is 5. The molecule has 2 rings (SSSR count). The standard InChI is InChI=1S/C14H25N5/c1-3-7-15-13-9-14(18-11-17-13)16-10-12-6-4-5-8-19(12)2/h9,11-12H,3-8,10H2,1-2H3,(H2,15,16,17,18). The van der Waals surface area contributed by atoms with Gasteiger partial charge in [-0.3, -0.25) is 0 Å². The summed E-state index contributed by atoms with van der Waals surface area (Å²) in [6.45, 7) is 5.26. The summed E-state index contributed by atoms with van der Waals surface area (Å²) >= 11 is 0. The number of anilines is 2. The molecule has 0 saturated carbocycles. The highest BCUT2D eigenvalue weighted by atomic mass is 15.2. The summed E-state index contributed by atoms with van der Waals surface area (Å²) in [5, 5.41) is 6.71. The topological polar surface area (TPSA) is 53.1 Å². The van der Waals surface area contributed by atoms with Crippen molar-refractivity contribution in [1.82, 2.24) is 14.9 Å². The molecular weight excluding hydrogens is 238 g/mol. The molecule has 0 bridgehead atoms. The van der Waals surface area contributed by atoms with Crippen molar-refractivity contribution in [1.29, 1.82) is 0 Å². The summed E-state index contributed by atoms with van der Waals surface area (Å²) in [4.78, 5) is 10.9. The van der Waals surface area contributed by atoms with Crippen molar-refractivity contribution in [2.75, 3.05) is 37.3 Å². The lowest BCUT2D eigenvalue weighted by Crippen LogP contribution is -2.40. The molecule has 5 heteroatoms. The molecule has 1 unspecified atom stereocenters. The summed E-state index contributed by atoms with van der Waals surface area (Å²) in [6, 6.07) is 2.61. The predicted octanol–water partition coefficient (Wildman–Crippen LogP) is 2.19. The quantitative estimate of drug-likeness (QED) is 0.824. The zero-order valence-corrected chi connectivity index (χ0v) is 12.0. The van der Waals surface area contributed by atoms with Crippen LogP contribution in [0, 0.1) is 0 Å². The van der Waals surface area contributed by atoms with Crippen molar-refractivity contribution in [2.24, 2.45) is 0 Å². The second-order valence-electron chi connectivity index (χ2n) is 5.23. The number of likely N-dealkylation sites (tertiary alicyclic amines) is 1. The van der Waals surface area contributed by atoms with E-state index in [4.69, 9.17) is 0 Å². The van der Waals surface area contributed by atoms with E-state index in [1.807, 2.05) is 6.07 Å². The monoisotopic (exact) mass is 263 g/mol. The first-order chi connectivity index (χ1) is 9.29. The van der Waals surface area contributed by atoms with Crippen molar-refractivity contribution in [2.45, 2.75) is 38.6 Å². The third-order valence-corrected chi connectivity index (χ3v) is 3.66. The first kappa shape index (κ1) is 14.1. The molecule has 0 aromatic carbocycles. The zero-order chi connectivity index (χ0) is 13.5. The van der Waals surface area contributed by atoms with Crippen LogP contribution in [0.25, 0.3) is 0 Å². The smallest absolute Gasteiger partial charge is 0.131 e. The predicted molar refractivity (Wildman–Crippen MR) is 79.6 cm³/mol. The van der Waals surface area contributed by atoms with E-state index in [-0.39, 0.29) is 0 Å². The summed E-state index contributed by atoms with van der Waals surface area (Å²) in [5.41, 5.74) is 0. The average molecular weight is 263 g/mol. The number of hydrogen-bond donors (Lipinski definition) is 2. The van der Waals surface area contributed by atoms with Gasteiger partial charge in [0.05, 0.1) is 0 Å². The molecule has 5 nitrogen and oxygen atoms in total. The van der Waals surface area contributed by atoms with E-state index in [1.165, 1.54) is 25.8 Å². The molecule has 1 atom stereocenters. The second kappa shape index (κ2) is 7.28. The molecule has 1 aromatic heterocycles. The number of piperidine rings is 1. The van der Waals surface area contributed by atoms with Gasteiger partial charge in [-0.15, -0.1) is 0 Å². The Morgan fingerprint density at radius 3 is 2.79 bits per heavy atom. The zero-order valence-electron chi connectivity index (χ0n) is 12.0. The maximum atomic E-state index is 4.28. The van der Waals surface area contributed by atoms with E-state index < -0.39 is 0 Å². The first-order valence-electron chi connectivity index (χ1n) is 7.29. The van der Waals surface area contributed by atoms with Gasteiger partial charge in [0.25, 0.3) is 0 Å². The summed E-state index contributed by atoms with van der Waals surface area (Å²) < 4.78 is 0. The number of aromatic nitrogens is 2. The highest BCUT2D eigenvalue weighted by Gasteiger charge is 2.18. The molecule has 0 radical (unpaired) electrons. The lowest BCUT2D eigenvalue weighted by molar-refractivity contribution is 0.194. The van der Waals surface area contributed by atoms with E-state index in [2.05, 4.69) is 39.5 Å². The van der Waals surface area contributed by atoms with Crippen molar-refractivity contribution in [3.63, 3.8) is 0 Å². The molecule has 0 aliphatic carbocycles. The molecule has 19 heavy (non-hydrogen) atoms. The van der Waals surface area contributed by atoms with Crippen LogP contribution in [-0.4, -0.2) is 47.6 Å². The van der Waals surface area contributed by atoms with Gasteiger partial charge in [0.15, 0.2) is 0 Å². The molecule has 2 N–H and O–H groups in total. The van der Waals surface area contributed by atoms with E-state index >= 15 is 0 Å². The number of likely N-dealkylation sites (N-methyl/N-ethyl adjacent to an activating group) is 1. The fourth-order valence-corrected chi connectivity index (χ4v) is 2.43. The van der Waals surface area contributed by atoms with Crippen LogP contribution in [0.15, 0.2) is 12.4 Å². The van der Waals surface area contributed by atoms with E-state index in [0.717, 1.165) is 31.1 Å². The van der Waals surface area contributed by atoms with Crippen LogP contribution < -0.4 is 10.6 Å². The van der Waals surface area contributed by atoms with E-state index in [0.29, 0.717) is 6.04 Å². The Hall–Kier alpha value is -1.36. The Kier molecular flexibility index (Phi) is 5.39. The van der Waals surface area contributed by atoms with Crippen LogP contribution in [-0.2, 0) is 0 Å². The van der Waals surface area contributed by atoms with Gasteiger partial charge in [0.1, 0.15) is 18.0 Å². The van der Waals surface area contributed by atoms with Gasteiger partial charge in [-0.2, -0.15) is 0 Å². The molecule has 1 aliphatic heterocycles. The van der Waals surface area contributed by atoms with E-state index in [1.54, 1.807) is 6.33 Å². The van der Waals surface area contributed by atoms with Crippen LogP contribution in [0.4, 0.5) is 11.6 Å². The summed E-state index contributed by atoms with van der Waals surface area (Å²) in [6.07, 6.45) is 6.65. The Balaban J connectivity index is 1.84. The molecule has 1 aromatic rings. The molecule has 106 valence electrons. The van der Waals surface area contributed by atoms with Crippen LogP contribution in [0.5, 0.6) is 0 Å². The van der Waals surface area contributed by atoms with Crippen molar-refractivity contribution in [3.8, 4) is 0 Å². The minimum atomic E-state index is 0.621. The normalized spacial score (nSPS) is 20.2. The minimum absolute atomic E-state index is 0.621. The molecule has 1 aliphatic rings.